The van der Waals surface area contributed by atoms with E-state index in [4.69, 9.17) is 15.6 Å². The molecular weight excluding hydrogens is 258 g/mol. The van der Waals surface area contributed by atoms with Gasteiger partial charge in [0, 0.05) is 18.8 Å². The van der Waals surface area contributed by atoms with Crippen LogP contribution in [0.3, 0.4) is 0 Å². The minimum absolute atomic E-state index is 0.0519. The fraction of sp³-hybridized carbons (Fsp3) is 0.143. The van der Waals surface area contributed by atoms with E-state index < -0.39 is 5.97 Å². The van der Waals surface area contributed by atoms with Gasteiger partial charge in [-0.2, -0.15) is 0 Å². The van der Waals surface area contributed by atoms with E-state index in [1.165, 1.54) is 12.1 Å². The minimum atomic E-state index is -1.09. The fourth-order valence-corrected chi connectivity index (χ4v) is 1.79. The van der Waals surface area contributed by atoms with E-state index in [-0.39, 0.29) is 5.69 Å². The molecule has 0 unspecified atom stereocenters. The number of pyridine rings is 1. The molecule has 0 saturated heterocycles. The second-order valence-corrected chi connectivity index (χ2v) is 4.17. The SMILES string of the molecule is COc1cccc(N(C)c2nc(C(=O)O)ccc2N)c1. The average Bonchev–Trinajstić information content (AvgIpc) is 2.46. The average molecular weight is 273 g/mol. The van der Waals surface area contributed by atoms with Crippen LogP contribution in [0.4, 0.5) is 17.2 Å². The van der Waals surface area contributed by atoms with Crippen molar-refractivity contribution in [1.82, 2.24) is 4.98 Å². The molecule has 3 N–H and O–H groups in total. The summed E-state index contributed by atoms with van der Waals surface area (Å²) in [5.74, 6) is -0.00856. The highest BCUT2D eigenvalue weighted by atomic mass is 16.5. The Morgan fingerprint density at radius 2 is 2.10 bits per heavy atom. The van der Waals surface area contributed by atoms with E-state index in [0.29, 0.717) is 17.3 Å². The highest BCUT2D eigenvalue weighted by Crippen LogP contribution is 2.29. The Hall–Kier alpha value is -2.76. The standard InChI is InChI=1S/C14H15N3O3/c1-17(9-4-3-5-10(8-9)20-2)13-11(15)6-7-12(16-13)14(18)19/h3-8H,15H2,1-2H3,(H,18,19). The molecule has 1 heterocycles. The van der Waals surface area contributed by atoms with Gasteiger partial charge in [-0.25, -0.2) is 9.78 Å². The van der Waals surface area contributed by atoms with Gasteiger partial charge >= 0.3 is 5.97 Å². The lowest BCUT2D eigenvalue weighted by Gasteiger charge is -2.20. The number of carbonyl (C=O) groups is 1. The number of nitrogens with two attached hydrogens (primary N) is 1. The number of ether oxygens (including phenoxy) is 1. The van der Waals surface area contributed by atoms with Crippen molar-refractivity contribution in [3.05, 3.63) is 42.1 Å². The van der Waals surface area contributed by atoms with Crippen LogP contribution in [0.1, 0.15) is 10.5 Å². The third-order valence-electron chi connectivity index (χ3n) is 2.88. The number of carboxylic acid groups (broad SMARTS) is 1. The van der Waals surface area contributed by atoms with E-state index in [1.807, 2.05) is 24.3 Å². The normalized spacial score (nSPS) is 10.1. The third kappa shape index (κ3) is 2.64. The number of anilines is 3. The highest BCUT2D eigenvalue weighted by molar-refractivity contribution is 5.87. The van der Waals surface area contributed by atoms with Gasteiger partial charge in [-0.15, -0.1) is 0 Å². The van der Waals surface area contributed by atoms with E-state index in [2.05, 4.69) is 4.98 Å². The molecule has 0 amide bonds. The van der Waals surface area contributed by atoms with Crippen molar-refractivity contribution in [3.8, 4) is 5.75 Å². The van der Waals surface area contributed by atoms with E-state index in [9.17, 15) is 4.79 Å². The Morgan fingerprint density at radius 1 is 1.35 bits per heavy atom. The smallest absolute Gasteiger partial charge is 0.354 e. The van der Waals surface area contributed by atoms with Crippen molar-refractivity contribution in [1.29, 1.82) is 0 Å². The fourth-order valence-electron chi connectivity index (χ4n) is 1.79. The Morgan fingerprint density at radius 3 is 2.75 bits per heavy atom. The second kappa shape index (κ2) is 5.48. The van der Waals surface area contributed by atoms with Crippen molar-refractivity contribution in [2.75, 3.05) is 24.8 Å². The number of aromatic carboxylic acids is 1. The lowest BCUT2D eigenvalue weighted by Crippen LogP contribution is -2.15. The van der Waals surface area contributed by atoms with Crippen molar-refractivity contribution in [2.45, 2.75) is 0 Å². The number of rotatable bonds is 4. The zero-order valence-corrected chi connectivity index (χ0v) is 11.2. The van der Waals surface area contributed by atoms with Gasteiger partial charge in [-0.1, -0.05) is 6.07 Å². The third-order valence-corrected chi connectivity index (χ3v) is 2.88. The molecule has 6 nitrogen and oxygen atoms in total. The van der Waals surface area contributed by atoms with Gasteiger partial charge in [0.1, 0.15) is 5.75 Å². The van der Waals surface area contributed by atoms with Crippen LogP contribution in [-0.2, 0) is 0 Å². The zero-order chi connectivity index (χ0) is 14.7. The Labute approximate surface area is 116 Å². The predicted octanol–water partition coefficient (Wildman–Crippen LogP) is 2.14. The summed E-state index contributed by atoms with van der Waals surface area (Å²) in [6, 6.07) is 10.2. The topological polar surface area (TPSA) is 88.7 Å². The number of hydrogen-bond acceptors (Lipinski definition) is 5. The number of aromatic nitrogens is 1. The number of carboxylic acids is 1. The number of methoxy groups -OCH3 is 1. The van der Waals surface area contributed by atoms with Crippen LogP contribution in [0, 0.1) is 0 Å². The molecule has 0 saturated carbocycles. The maximum atomic E-state index is 11.0. The molecule has 0 aliphatic carbocycles. The van der Waals surface area contributed by atoms with E-state index in [0.717, 1.165) is 5.69 Å². The number of nitrogens with zero attached hydrogens (tertiary/aromatic N) is 2. The summed E-state index contributed by atoms with van der Waals surface area (Å²) in [7, 11) is 3.34. The van der Waals surface area contributed by atoms with Crippen molar-refractivity contribution in [3.63, 3.8) is 0 Å². The molecule has 0 radical (unpaired) electrons. The van der Waals surface area contributed by atoms with Crippen LogP contribution in [0.15, 0.2) is 36.4 Å². The van der Waals surface area contributed by atoms with E-state index >= 15 is 0 Å². The molecule has 6 heteroatoms. The number of hydrogen-bond donors (Lipinski definition) is 2. The molecule has 0 atom stereocenters. The molecule has 0 spiro atoms. The monoisotopic (exact) mass is 273 g/mol. The zero-order valence-electron chi connectivity index (χ0n) is 11.2. The summed E-state index contributed by atoms with van der Waals surface area (Å²) >= 11 is 0. The van der Waals surface area contributed by atoms with Gasteiger partial charge < -0.3 is 20.5 Å². The number of benzene rings is 1. The van der Waals surface area contributed by atoms with Crippen LogP contribution in [-0.4, -0.2) is 30.2 Å². The number of nitrogen functional groups attached to an aromatic ring is 1. The molecule has 2 rings (SSSR count). The molecule has 0 aliphatic heterocycles. The first-order valence-electron chi connectivity index (χ1n) is 5.90. The van der Waals surface area contributed by atoms with Crippen LogP contribution in [0.25, 0.3) is 0 Å². The predicted molar refractivity (Wildman–Crippen MR) is 76.7 cm³/mol. The summed E-state index contributed by atoms with van der Waals surface area (Å²) in [6.45, 7) is 0. The second-order valence-electron chi connectivity index (χ2n) is 4.17. The summed E-state index contributed by atoms with van der Waals surface area (Å²) in [5, 5.41) is 8.99. The first kappa shape index (κ1) is 13.7. The van der Waals surface area contributed by atoms with Crippen LogP contribution < -0.4 is 15.4 Å². The van der Waals surface area contributed by atoms with E-state index in [1.54, 1.807) is 19.1 Å². The Kier molecular flexibility index (Phi) is 3.74. The van der Waals surface area contributed by atoms with Gasteiger partial charge in [-0.3, -0.25) is 0 Å². The molecule has 104 valence electrons. The van der Waals surface area contributed by atoms with Gasteiger partial charge in [0.2, 0.25) is 0 Å². The van der Waals surface area contributed by atoms with Gasteiger partial charge in [0.05, 0.1) is 12.8 Å². The molecule has 0 aliphatic rings. The highest BCUT2D eigenvalue weighted by Gasteiger charge is 2.13. The molecule has 1 aromatic carbocycles. The van der Waals surface area contributed by atoms with Crippen molar-refractivity contribution in [2.24, 2.45) is 0 Å². The molecule has 1 aromatic heterocycles. The van der Waals surface area contributed by atoms with Crippen LogP contribution in [0.2, 0.25) is 0 Å². The summed E-state index contributed by atoms with van der Waals surface area (Å²) in [6.07, 6.45) is 0. The van der Waals surface area contributed by atoms with Crippen LogP contribution in [0.5, 0.6) is 5.75 Å². The van der Waals surface area contributed by atoms with Gasteiger partial charge in [-0.05, 0) is 24.3 Å². The van der Waals surface area contributed by atoms with Crippen molar-refractivity contribution >= 4 is 23.2 Å². The van der Waals surface area contributed by atoms with Crippen LogP contribution >= 0.6 is 0 Å². The Bertz CT molecular complexity index is 643. The largest absolute Gasteiger partial charge is 0.497 e. The molecular formula is C14H15N3O3. The maximum absolute atomic E-state index is 11.0. The quantitative estimate of drug-likeness (QED) is 0.887. The Balaban J connectivity index is 2.43. The minimum Gasteiger partial charge on any atom is -0.497 e. The molecule has 20 heavy (non-hydrogen) atoms. The lowest BCUT2D eigenvalue weighted by atomic mass is 10.2. The van der Waals surface area contributed by atoms with Gasteiger partial charge in [0.25, 0.3) is 0 Å². The van der Waals surface area contributed by atoms with Gasteiger partial charge in [0.15, 0.2) is 11.5 Å². The lowest BCUT2D eigenvalue weighted by molar-refractivity contribution is 0.0690. The summed E-state index contributed by atoms with van der Waals surface area (Å²) in [4.78, 5) is 16.8. The molecule has 0 bridgehead atoms. The summed E-state index contributed by atoms with van der Waals surface area (Å²) < 4.78 is 5.16. The first-order valence-corrected chi connectivity index (χ1v) is 5.90. The first-order chi connectivity index (χ1) is 9.52. The molecule has 2 aromatic rings. The molecule has 0 fully saturated rings. The van der Waals surface area contributed by atoms with Crippen molar-refractivity contribution < 1.29 is 14.6 Å². The summed E-state index contributed by atoms with van der Waals surface area (Å²) in [5.41, 5.74) is 7.02. The maximum Gasteiger partial charge on any atom is 0.354 e.